The van der Waals surface area contributed by atoms with E-state index < -0.39 is 10.0 Å². The number of nitrogens with one attached hydrogen (secondary N) is 4. The van der Waals surface area contributed by atoms with E-state index in [4.69, 9.17) is 5.73 Å². The molecular formula is C25H33N5O4S2. The normalized spacial score (nSPS) is 21.9. The standard InChI is InChI=1S/C25H33N5O4S2/c26-20(17-6-2-1-3-7-17)14-15-27-36(33,34)19-12-10-18(11-13-19)28-23(31)9-5-4-8-22-24-21(16-35-22)29-25(32)30-24/h1-3,6-7,10-13,20-22,24,27H,4-5,8-9,14-16,26H2,(H,28,31)(H2,29,30,32)/t20-,21?,22-,24?/m1/s1. The van der Waals surface area contributed by atoms with Crippen molar-refractivity contribution in [3.8, 4) is 0 Å². The van der Waals surface area contributed by atoms with Gasteiger partial charge in [-0.15, -0.1) is 0 Å². The van der Waals surface area contributed by atoms with Crippen molar-refractivity contribution < 1.29 is 18.0 Å². The lowest BCUT2D eigenvalue weighted by Crippen LogP contribution is -2.36. The van der Waals surface area contributed by atoms with E-state index >= 15 is 0 Å². The summed E-state index contributed by atoms with van der Waals surface area (Å²) in [5.41, 5.74) is 7.65. The molecule has 9 nitrogen and oxygen atoms in total. The van der Waals surface area contributed by atoms with Gasteiger partial charge in [0.15, 0.2) is 0 Å². The number of hydrogen-bond acceptors (Lipinski definition) is 6. The van der Waals surface area contributed by atoms with E-state index in [0.717, 1.165) is 30.6 Å². The Labute approximate surface area is 216 Å². The van der Waals surface area contributed by atoms with Crippen molar-refractivity contribution in [2.75, 3.05) is 17.6 Å². The quantitative estimate of drug-likeness (QED) is 0.211. The molecule has 2 aromatic rings. The molecular weight excluding hydrogens is 498 g/mol. The minimum atomic E-state index is -3.67. The Bertz CT molecular complexity index is 1140. The molecule has 6 N–H and O–H groups in total. The summed E-state index contributed by atoms with van der Waals surface area (Å²) >= 11 is 1.87. The number of anilines is 1. The maximum absolute atomic E-state index is 12.6. The zero-order valence-corrected chi connectivity index (χ0v) is 21.6. The van der Waals surface area contributed by atoms with Gasteiger partial charge < -0.3 is 21.7 Å². The van der Waals surface area contributed by atoms with E-state index in [1.165, 1.54) is 12.1 Å². The molecule has 2 heterocycles. The maximum Gasteiger partial charge on any atom is 0.315 e. The summed E-state index contributed by atoms with van der Waals surface area (Å²) in [5.74, 6) is 0.822. The second-order valence-corrected chi connectivity index (χ2v) is 12.2. The summed E-state index contributed by atoms with van der Waals surface area (Å²) < 4.78 is 27.8. The molecule has 4 rings (SSSR count). The highest BCUT2D eigenvalue weighted by Gasteiger charge is 2.42. The largest absolute Gasteiger partial charge is 0.332 e. The van der Waals surface area contributed by atoms with Crippen LogP contribution in [-0.4, -0.2) is 50.0 Å². The minimum Gasteiger partial charge on any atom is -0.332 e. The van der Waals surface area contributed by atoms with Gasteiger partial charge in [-0.25, -0.2) is 17.9 Å². The number of carbonyl (C=O) groups excluding carboxylic acids is 2. The summed E-state index contributed by atoms with van der Waals surface area (Å²) in [6.07, 6.45) is 3.48. The van der Waals surface area contributed by atoms with Crippen LogP contribution in [0.1, 0.15) is 43.7 Å². The Morgan fingerprint density at radius 1 is 1.08 bits per heavy atom. The first kappa shape index (κ1) is 26.5. The average molecular weight is 532 g/mol. The molecule has 4 atom stereocenters. The summed E-state index contributed by atoms with van der Waals surface area (Å²) in [7, 11) is -3.67. The maximum atomic E-state index is 12.6. The van der Waals surface area contributed by atoms with Crippen LogP contribution in [0.2, 0.25) is 0 Å². The molecule has 194 valence electrons. The molecule has 0 radical (unpaired) electrons. The zero-order valence-electron chi connectivity index (χ0n) is 20.0. The lowest BCUT2D eigenvalue weighted by molar-refractivity contribution is -0.116. The fourth-order valence-corrected chi connectivity index (χ4v) is 7.11. The fraction of sp³-hybridized carbons (Fsp3) is 0.440. The van der Waals surface area contributed by atoms with Gasteiger partial charge in [-0.1, -0.05) is 36.8 Å². The van der Waals surface area contributed by atoms with Gasteiger partial charge >= 0.3 is 6.03 Å². The number of benzene rings is 2. The van der Waals surface area contributed by atoms with E-state index in [-0.39, 0.29) is 41.5 Å². The summed E-state index contributed by atoms with van der Waals surface area (Å²) in [4.78, 5) is 23.9. The molecule has 3 amide bonds. The minimum absolute atomic E-state index is 0.0865. The van der Waals surface area contributed by atoms with Crippen LogP contribution < -0.4 is 26.4 Å². The average Bonchev–Trinajstić information content (AvgIpc) is 3.41. The van der Waals surface area contributed by atoms with Crippen molar-refractivity contribution in [2.24, 2.45) is 5.73 Å². The molecule has 36 heavy (non-hydrogen) atoms. The zero-order chi connectivity index (χ0) is 25.5. The van der Waals surface area contributed by atoms with Crippen LogP contribution in [0.25, 0.3) is 0 Å². The number of thioether (sulfide) groups is 1. The predicted molar refractivity (Wildman–Crippen MR) is 142 cm³/mol. The first-order chi connectivity index (χ1) is 17.3. The topological polar surface area (TPSA) is 142 Å². The highest BCUT2D eigenvalue weighted by atomic mass is 32.2. The molecule has 0 spiro atoms. The smallest absolute Gasteiger partial charge is 0.315 e. The van der Waals surface area contributed by atoms with Gasteiger partial charge in [0.2, 0.25) is 15.9 Å². The van der Waals surface area contributed by atoms with Crippen molar-refractivity contribution >= 4 is 39.4 Å². The van der Waals surface area contributed by atoms with Crippen molar-refractivity contribution in [1.82, 2.24) is 15.4 Å². The van der Waals surface area contributed by atoms with Gasteiger partial charge in [0, 0.05) is 35.7 Å². The second kappa shape index (κ2) is 12.1. The number of rotatable bonds is 12. The van der Waals surface area contributed by atoms with Gasteiger partial charge in [0.1, 0.15) is 0 Å². The molecule has 0 bridgehead atoms. The van der Waals surface area contributed by atoms with Crippen molar-refractivity contribution in [1.29, 1.82) is 0 Å². The van der Waals surface area contributed by atoms with Crippen LogP contribution in [0.15, 0.2) is 59.5 Å². The van der Waals surface area contributed by atoms with Gasteiger partial charge in [-0.05, 0) is 49.1 Å². The lowest BCUT2D eigenvalue weighted by atomic mass is 10.0. The van der Waals surface area contributed by atoms with E-state index in [2.05, 4.69) is 20.7 Å². The Hall–Kier alpha value is -2.60. The molecule has 2 saturated heterocycles. The van der Waals surface area contributed by atoms with E-state index in [9.17, 15) is 18.0 Å². The number of amides is 3. The summed E-state index contributed by atoms with van der Waals surface area (Å²) in [5, 5.41) is 9.13. The monoisotopic (exact) mass is 531 g/mol. The SMILES string of the molecule is N[C@H](CCNS(=O)(=O)c1ccc(NC(=O)CCCC[C@H]2SCC3NC(=O)NC32)cc1)c1ccccc1. The molecule has 0 saturated carbocycles. The number of unbranched alkanes of at least 4 members (excludes halogenated alkanes) is 1. The van der Waals surface area contributed by atoms with Gasteiger partial charge in [-0.2, -0.15) is 11.8 Å². The highest BCUT2D eigenvalue weighted by Crippen LogP contribution is 2.33. The predicted octanol–water partition coefficient (Wildman–Crippen LogP) is 2.72. The number of hydrogen-bond donors (Lipinski definition) is 5. The molecule has 11 heteroatoms. The van der Waals surface area contributed by atoms with Crippen LogP contribution in [0.3, 0.4) is 0 Å². The molecule has 2 aliphatic heterocycles. The van der Waals surface area contributed by atoms with Crippen LogP contribution in [0.4, 0.5) is 10.5 Å². The number of carbonyl (C=O) groups is 2. The Balaban J connectivity index is 1.16. The van der Waals surface area contributed by atoms with Crippen LogP contribution in [0.5, 0.6) is 0 Å². The third-order valence-electron chi connectivity index (χ3n) is 6.50. The fourth-order valence-electron chi connectivity index (χ4n) is 4.51. The molecule has 0 aliphatic carbocycles. The number of nitrogens with two attached hydrogens (primary N) is 1. The highest BCUT2D eigenvalue weighted by molar-refractivity contribution is 8.00. The van der Waals surface area contributed by atoms with Crippen molar-refractivity contribution in [3.05, 3.63) is 60.2 Å². The Kier molecular flexibility index (Phi) is 8.89. The second-order valence-electron chi connectivity index (χ2n) is 9.14. The van der Waals surface area contributed by atoms with Gasteiger partial charge in [0.25, 0.3) is 0 Å². The third kappa shape index (κ3) is 7.00. The third-order valence-corrected chi connectivity index (χ3v) is 9.49. The number of sulfonamides is 1. The van der Waals surface area contributed by atoms with Crippen molar-refractivity contribution in [2.45, 2.75) is 60.4 Å². The van der Waals surface area contributed by atoms with Crippen LogP contribution in [0, 0.1) is 0 Å². The Morgan fingerprint density at radius 3 is 2.58 bits per heavy atom. The molecule has 0 aromatic heterocycles. The first-order valence-electron chi connectivity index (χ1n) is 12.2. The summed E-state index contributed by atoms with van der Waals surface area (Å²) in [6.45, 7) is 0.223. The number of urea groups is 1. The molecule has 2 aliphatic rings. The van der Waals surface area contributed by atoms with Crippen molar-refractivity contribution in [3.63, 3.8) is 0 Å². The Morgan fingerprint density at radius 2 is 1.83 bits per heavy atom. The van der Waals surface area contributed by atoms with E-state index in [0.29, 0.717) is 23.8 Å². The van der Waals surface area contributed by atoms with Gasteiger partial charge in [0.05, 0.1) is 17.0 Å². The summed E-state index contributed by atoms with van der Waals surface area (Å²) in [6, 6.07) is 15.8. The van der Waals surface area contributed by atoms with Gasteiger partial charge in [-0.3, -0.25) is 4.79 Å². The molecule has 2 unspecified atom stereocenters. The van der Waals surface area contributed by atoms with E-state index in [1.54, 1.807) is 12.1 Å². The molecule has 2 aromatic carbocycles. The lowest BCUT2D eigenvalue weighted by Gasteiger charge is -2.16. The molecule has 2 fully saturated rings. The van der Waals surface area contributed by atoms with E-state index in [1.807, 2.05) is 42.1 Å². The van der Waals surface area contributed by atoms with Crippen LogP contribution in [-0.2, 0) is 14.8 Å². The van der Waals surface area contributed by atoms with Crippen LogP contribution >= 0.6 is 11.8 Å². The first-order valence-corrected chi connectivity index (χ1v) is 14.7. The number of fused-ring (bicyclic) bond motifs is 1.